The molecule has 0 aliphatic rings. The quantitative estimate of drug-likeness (QED) is 0.815. The van der Waals surface area contributed by atoms with Gasteiger partial charge in [-0.05, 0) is 25.0 Å². The van der Waals surface area contributed by atoms with Crippen LogP contribution in [0.4, 0.5) is 0 Å². The molecule has 19 heavy (non-hydrogen) atoms. The lowest BCUT2D eigenvalue weighted by atomic mass is 10.0. The van der Waals surface area contributed by atoms with Crippen molar-refractivity contribution in [2.75, 3.05) is 7.11 Å². The Kier molecular flexibility index (Phi) is 5.36. The van der Waals surface area contributed by atoms with Gasteiger partial charge in [-0.15, -0.1) is 0 Å². The molecular formula is C14H19NO4. The molecule has 0 saturated heterocycles. The van der Waals surface area contributed by atoms with Gasteiger partial charge in [0.05, 0.1) is 13.5 Å². The van der Waals surface area contributed by atoms with Crippen LogP contribution in [0, 0.1) is 0 Å². The molecule has 1 rings (SSSR count). The van der Waals surface area contributed by atoms with E-state index in [1.165, 1.54) is 6.92 Å². The molecule has 0 bridgehead atoms. The number of nitrogens with one attached hydrogen (secondary N) is 1. The number of hydrogen-bond acceptors (Lipinski definition) is 3. The largest absolute Gasteiger partial charge is 0.496 e. The average Bonchev–Trinajstić information content (AvgIpc) is 2.38. The van der Waals surface area contributed by atoms with Crippen LogP contribution in [0.3, 0.4) is 0 Å². The summed E-state index contributed by atoms with van der Waals surface area (Å²) in [6, 6.07) is 4.78. The van der Waals surface area contributed by atoms with Gasteiger partial charge in [0.25, 0.3) is 0 Å². The number of hydrogen-bond donors (Lipinski definition) is 2. The minimum atomic E-state index is -1.05. The summed E-state index contributed by atoms with van der Waals surface area (Å²) in [5, 5.41) is 11.2. The average molecular weight is 265 g/mol. The van der Waals surface area contributed by atoms with Crippen LogP contribution in [0.2, 0.25) is 0 Å². The number of aliphatic carboxylic acids is 1. The molecule has 0 radical (unpaired) electrons. The molecule has 104 valence electrons. The molecule has 0 aliphatic heterocycles. The summed E-state index contributed by atoms with van der Waals surface area (Å²) in [5.41, 5.74) is 1.87. The smallest absolute Gasteiger partial charge is 0.325 e. The van der Waals surface area contributed by atoms with Gasteiger partial charge in [0, 0.05) is 5.56 Å². The van der Waals surface area contributed by atoms with Crippen molar-refractivity contribution in [2.24, 2.45) is 0 Å². The highest BCUT2D eigenvalue weighted by Crippen LogP contribution is 2.20. The fraction of sp³-hybridized carbons (Fsp3) is 0.429. The summed E-state index contributed by atoms with van der Waals surface area (Å²) in [6.45, 7) is 3.46. The first kappa shape index (κ1) is 15.0. The van der Waals surface area contributed by atoms with Crippen LogP contribution in [0.25, 0.3) is 0 Å². The van der Waals surface area contributed by atoms with Gasteiger partial charge in [-0.3, -0.25) is 9.59 Å². The van der Waals surface area contributed by atoms with E-state index in [1.54, 1.807) is 7.11 Å². The van der Waals surface area contributed by atoms with Crippen molar-refractivity contribution in [2.45, 2.75) is 32.7 Å². The zero-order chi connectivity index (χ0) is 14.4. The highest BCUT2D eigenvalue weighted by molar-refractivity contribution is 5.85. The summed E-state index contributed by atoms with van der Waals surface area (Å²) in [6.07, 6.45) is 0.971. The highest BCUT2D eigenvalue weighted by Gasteiger charge is 2.15. The van der Waals surface area contributed by atoms with Crippen LogP contribution < -0.4 is 10.1 Å². The molecule has 0 spiro atoms. The van der Waals surface area contributed by atoms with Gasteiger partial charge in [0.15, 0.2) is 0 Å². The van der Waals surface area contributed by atoms with Crippen molar-refractivity contribution in [1.82, 2.24) is 5.32 Å². The Labute approximate surface area is 112 Å². The minimum absolute atomic E-state index is 0.106. The number of carboxylic acid groups (broad SMARTS) is 1. The summed E-state index contributed by atoms with van der Waals surface area (Å²) < 4.78 is 5.20. The van der Waals surface area contributed by atoms with Crippen LogP contribution in [0.5, 0.6) is 5.75 Å². The first-order chi connectivity index (χ1) is 8.97. The number of methoxy groups -OCH3 is 1. The van der Waals surface area contributed by atoms with Crippen molar-refractivity contribution in [3.8, 4) is 5.75 Å². The monoisotopic (exact) mass is 265 g/mol. The van der Waals surface area contributed by atoms with Crippen molar-refractivity contribution < 1.29 is 19.4 Å². The molecule has 2 N–H and O–H groups in total. The number of aryl methyl sites for hydroxylation is 1. The molecule has 0 aliphatic carbocycles. The van der Waals surface area contributed by atoms with E-state index in [4.69, 9.17) is 9.84 Å². The van der Waals surface area contributed by atoms with E-state index in [0.29, 0.717) is 5.75 Å². The molecule has 1 unspecified atom stereocenters. The lowest BCUT2D eigenvalue weighted by Gasteiger charge is -2.12. The first-order valence-electron chi connectivity index (χ1n) is 6.15. The van der Waals surface area contributed by atoms with Gasteiger partial charge in [-0.25, -0.2) is 0 Å². The Balaban J connectivity index is 2.80. The van der Waals surface area contributed by atoms with E-state index >= 15 is 0 Å². The standard InChI is InChI=1S/C14H19NO4/c1-4-10-5-6-12(19-3)11(7-10)8-13(16)15-9(2)14(17)18/h5-7,9H,4,8H2,1-3H3,(H,15,16)(H,17,18). The van der Waals surface area contributed by atoms with Gasteiger partial charge >= 0.3 is 5.97 Å². The highest BCUT2D eigenvalue weighted by atomic mass is 16.5. The normalized spacial score (nSPS) is 11.7. The molecule has 1 amide bonds. The Morgan fingerprint density at radius 2 is 2.11 bits per heavy atom. The molecule has 5 nitrogen and oxygen atoms in total. The maximum atomic E-state index is 11.8. The summed E-state index contributed by atoms with van der Waals surface area (Å²) in [5.74, 6) is -0.751. The molecular weight excluding hydrogens is 246 g/mol. The van der Waals surface area contributed by atoms with E-state index in [0.717, 1.165) is 17.5 Å². The summed E-state index contributed by atoms with van der Waals surface area (Å²) >= 11 is 0. The number of carbonyl (C=O) groups excluding carboxylic acids is 1. The van der Waals surface area contributed by atoms with E-state index in [-0.39, 0.29) is 12.3 Å². The lowest BCUT2D eigenvalue weighted by Crippen LogP contribution is -2.39. The number of benzene rings is 1. The van der Waals surface area contributed by atoms with E-state index in [2.05, 4.69) is 5.32 Å². The predicted octanol–water partition coefficient (Wildman–Crippen LogP) is 1.39. The van der Waals surface area contributed by atoms with Crippen molar-refractivity contribution in [1.29, 1.82) is 0 Å². The molecule has 0 heterocycles. The molecule has 0 saturated carbocycles. The van der Waals surface area contributed by atoms with E-state index < -0.39 is 12.0 Å². The van der Waals surface area contributed by atoms with Crippen LogP contribution >= 0.6 is 0 Å². The number of ether oxygens (including phenoxy) is 1. The van der Waals surface area contributed by atoms with Crippen molar-refractivity contribution in [3.05, 3.63) is 29.3 Å². The second-order valence-corrected chi connectivity index (χ2v) is 4.30. The van der Waals surface area contributed by atoms with E-state index in [9.17, 15) is 9.59 Å². The topological polar surface area (TPSA) is 75.6 Å². The minimum Gasteiger partial charge on any atom is -0.496 e. The molecule has 1 aromatic carbocycles. The number of carboxylic acids is 1. The van der Waals surface area contributed by atoms with Crippen LogP contribution in [0.15, 0.2) is 18.2 Å². The third kappa shape index (κ3) is 4.28. The Bertz CT molecular complexity index is 471. The zero-order valence-corrected chi connectivity index (χ0v) is 11.4. The molecule has 1 atom stereocenters. The van der Waals surface area contributed by atoms with Crippen molar-refractivity contribution in [3.63, 3.8) is 0 Å². The van der Waals surface area contributed by atoms with Gasteiger partial charge in [-0.2, -0.15) is 0 Å². The van der Waals surface area contributed by atoms with Crippen molar-refractivity contribution >= 4 is 11.9 Å². The van der Waals surface area contributed by atoms with Gasteiger partial charge in [0.1, 0.15) is 11.8 Å². The molecule has 0 fully saturated rings. The predicted molar refractivity (Wildman–Crippen MR) is 71.3 cm³/mol. The van der Waals surface area contributed by atoms with Crippen LogP contribution in [-0.2, 0) is 22.4 Å². The van der Waals surface area contributed by atoms with Gasteiger partial charge in [-0.1, -0.05) is 19.1 Å². The second kappa shape index (κ2) is 6.78. The second-order valence-electron chi connectivity index (χ2n) is 4.30. The summed E-state index contributed by atoms with van der Waals surface area (Å²) in [4.78, 5) is 22.4. The number of amides is 1. The Morgan fingerprint density at radius 3 is 2.63 bits per heavy atom. The maximum Gasteiger partial charge on any atom is 0.325 e. The SMILES string of the molecule is CCc1ccc(OC)c(CC(=O)NC(C)C(=O)O)c1. The molecule has 5 heteroatoms. The molecule has 1 aromatic rings. The Morgan fingerprint density at radius 1 is 1.42 bits per heavy atom. The van der Waals surface area contributed by atoms with E-state index in [1.807, 2.05) is 25.1 Å². The third-order valence-electron chi connectivity index (χ3n) is 2.85. The molecule has 0 aromatic heterocycles. The number of rotatable bonds is 6. The maximum absolute atomic E-state index is 11.8. The zero-order valence-electron chi connectivity index (χ0n) is 11.4. The fourth-order valence-electron chi connectivity index (χ4n) is 1.72. The lowest BCUT2D eigenvalue weighted by molar-refractivity contribution is -0.141. The van der Waals surface area contributed by atoms with Gasteiger partial charge < -0.3 is 15.2 Å². The first-order valence-corrected chi connectivity index (χ1v) is 6.15. The fourth-order valence-corrected chi connectivity index (χ4v) is 1.72. The van der Waals surface area contributed by atoms with Crippen LogP contribution in [-0.4, -0.2) is 30.1 Å². The number of carbonyl (C=O) groups is 2. The Hall–Kier alpha value is -2.04. The third-order valence-corrected chi connectivity index (χ3v) is 2.85. The summed E-state index contributed by atoms with van der Waals surface area (Å²) in [7, 11) is 1.54. The van der Waals surface area contributed by atoms with Gasteiger partial charge in [0.2, 0.25) is 5.91 Å². The van der Waals surface area contributed by atoms with Crippen LogP contribution in [0.1, 0.15) is 25.0 Å².